The summed E-state index contributed by atoms with van der Waals surface area (Å²) in [5.41, 5.74) is 2.87. The Balaban J connectivity index is 1.78. The summed E-state index contributed by atoms with van der Waals surface area (Å²) in [7, 11) is 0. The maximum absolute atomic E-state index is 12.9. The summed E-state index contributed by atoms with van der Waals surface area (Å²) < 4.78 is 0. The summed E-state index contributed by atoms with van der Waals surface area (Å²) in [5.74, 6) is 0.809. The highest BCUT2D eigenvalue weighted by atomic mass is 16.2. The van der Waals surface area contributed by atoms with Crippen LogP contribution in [0.4, 0.5) is 11.5 Å². The third-order valence-corrected chi connectivity index (χ3v) is 4.91. The number of hydrogen-bond acceptors (Lipinski definition) is 4. The van der Waals surface area contributed by atoms with E-state index in [1.165, 1.54) is 5.56 Å². The molecule has 1 aliphatic heterocycles. The number of piperazine rings is 1. The van der Waals surface area contributed by atoms with Crippen molar-refractivity contribution in [1.29, 1.82) is 0 Å². The summed E-state index contributed by atoms with van der Waals surface area (Å²) in [5, 5.41) is 0. The van der Waals surface area contributed by atoms with E-state index in [1.54, 1.807) is 24.1 Å². The van der Waals surface area contributed by atoms with Crippen LogP contribution in [0.5, 0.6) is 0 Å². The standard InChI is InChI=1S/C21H26N4O2/c1-4-25(19-7-5-6-16(2)14-19)20-15-18(8-9-22-20)21(27)24-12-10-23(11-13-24)17(3)26/h5-9,14-15H,4,10-13H2,1-3H3. The van der Waals surface area contributed by atoms with Gasteiger partial charge in [-0.1, -0.05) is 12.1 Å². The molecule has 142 valence electrons. The van der Waals surface area contributed by atoms with Gasteiger partial charge in [0.2, 0.25) is 5.91 Å². The van der Waals surface area contributed by atoms with Gasteiger partial charge < -0.3 is 14.7 Å². The van der Waals surface area contributed by atoms with E-state index in [1.807, 2.05) is 23.1 Å². The molecule has 0 radical (unpaired) electrons. The number of aryl methyl sites for hydroxylation is 1. The molecule has 0 atom stereocenters. The molecule has 0 N–H and O–H groups in total. The molecule has 6 nitrogen and oxygen atoms in total. The highest BCUT2D eigenvalue weighted by Crippen LogP contribution is 2.25. The van der Waals surface area contributed by atoms with Gasteiger partial charge in [-0.2, -0.15) is 0 Å². The quantitative estimate of drug-likeness (QED) is 0.835. The molecule has 0 spiro atoms. The number of benzene rings is 1. The zero-order valence-electron chi connectivity index (χ0n) is 16.2. The number of nitrogens with zero attached hydrogens (tertiary/aromatic N) is 4. The minimum atomic E-state index is -0.0119. The predicted octanol–water partition coefficient (Wildman–Crippen LogP) is 2.85. The zero-order chi connectivity index (χ0) is 19.4. The van der Waals surface area contributed by atoms with E-state index in [4.69, 9.17) is 0 Å². The monoisotopic (exact) mass is 366 g/mol. The van der Waals surface area contributed by atoms with Crippen LogP contribution in [0.1, 0.15) is 29.8 Å². The van der Waals surface area contributed by atoms with E-state index in [-0.39, 0.29) is 11.8 Å². The Bertz CT molecular complexity index is 828. The lowest BCUT2D eigenvalue weighted by Crippen LogP contribution is -2.50. The van der Waals surface area contributed by atoms with E-state index in [0.29, 0.717) is 31.7 Å². The Labute approximate surface area is 160 Å². The van der Waals surface area contributed by atoms with Crippen molar-refractivity contribution < 1.29 is 9.59 Å². The number of hydrogen-bond donors (Lipinski definition) is 0. The second kappa shape index (κ2) is 8.20. The van der Waals surface area contributed by atoms with Crippen LogP contribution < -0.4 is 4.90 Å². The third-order valence-electron chi connectivity index (χ3n) is 4.91. The number of pyridine rings is 1. The second-order valence-corrected chi connectivity index (χ2v) is 6.78. The number of carbonyl (C=O) groups excluding carboxylic acids is 2. The lowest BCUT2D eigenvalue weighted by atomic mass is 10.1. The summed E-state index contributed by atoms with van der Waals surface area (Å²) in [6, 6.07) is 11.9. The number of rotatable bonds is 4. The highest BCUT2D eigenvalue weighted by Gasteiger charge is 2.24. The molecule has 1 aromatic heterocycles. The Kier molecular flexibility index (Phi) is 5.74. The van der Waals surface area contributed by atoms with Gasteiger partial charge in [-0.15, -0.1) is 0 Å². The van der Waals surface area contributed by atoms with Crippen molar-refractivity contribution in [2.45, 2.75) is 20.8 Å². The molecule has 0 bridgehead atoms. The van der Waals surface area contributed by atoms with Crippen LogP contribution in [-0.2, 0) is 4.79 Å². The summed E-state index contributed by atoms with van der Waals surface area (Å²) in [4.78, 5) is 34.5. The molecular formula is C21H26N4O2. The van der Waals surface area contributed by atoms with Gasteiger partial charge in [0.05, 0.1) is 0 Å². The number of amides is 2. The first kappa shape index (κ1) is 18.9. The van der Waals surface area contributed by atoms with E-state index < -0.39 is 0 Å². The Morgan fingerprint density at radius 1 is 1.07 bits per heavy atom. The summed E-state index contributed by atoms with van der Waals surface area (Å²) in [6.45, 7) is 8.75. The summed E-state index contributed by atoms with van der Waals surface area (Å²) >= 11 is 0. The molecule has 6 heteroatoms. The minimum absolute atomic E-state index is 0.0119. The molecule has 0 aliphatic carbocycles. The van der Waals surface area contributed by atoms with E-state index >= 15 is 0 Å². The molecule has 0 saturated carbocycles. The first-order chi connectivity index (χ1) is 13.0. The van der Waals surface area contributed by atoms with Crippen LogP contribution >= 0.6 is 0 Å². The van der Waals surface area contributed by atoms with Crippen LogP contribution in [0.3, 0.4) is 0 Å². The Hall–Kier alpha value is -2.89. The smallest absolute Gasteiger partial charge is 0.254 e. The number of aromatic nitrogens is 1. The zero-order valence-corrected chi connectivity index (χ0v) is 16.2. The maximum Gasteiger partial charge on any atom is 0.254 e. The lowest BCUT2D eigenvalue weighted by molar-refractivity contribution is -0.130. The number of anilines is 2. The van der Waals surface area contributed by atoms with Crippen LogP contribution in [0.25, 0.3) is 0 Å². The van der Waals surface area contributed by atoms with E-state index in [9.17, 15) is 9.59 Å². The first-order valence-corrected chi connectivity index (χ1v) is 9.34. The molecule has 1 fully saturated rings. The maximum atomic E-state index is 12.9. The molecule has 3 rings (SSSR count). The topological polar surface area (TPSA) is 56.8 Å². The van der Waals surface area contributed by atoms with Crippen LogP contribution in [0.2, 0.25) is 0 Å². The van der Waals surface area contributed by atoms with Gasteiger partial charge >= 0.3 is 0 Å². The van der Waals surface area contributed by atoms with Gasteiger partial charge in [-0.25, -0.2) is 4.98 Å². The fourth-order valence-corrected chi connectivity index (χ4v) is 3.38. The van der Waals surface area contributed by atoms with Crippen molar-refractivity contribution in [3.05, 3.63) is 53.7 Å². The average Bonchev–Trinajstić information content (AvgIpc) is 2.68. The molecule has 1 aliphatic rings. The van der Waals surface area contributed by atoms with Gasteiger partial charge in [0.1, 0.15) is 5.82 Å². The highest BCUT2D eigenvalue weighted by molar-refractivity contribution is 5.95. The third kappa shape index (κ3) is 4.27. The van der Waals surface area contributed by atoms with Crippen molar-refractivity contribution in [3.8, 4) is 0 Å². The predicted molar refractivity (Wildman–Crippen MR) is 106 cm³/mol. The van der Waals surface area contributed by atoms with Crippen LogP contribution in [0.15, 0.2) is 42.6 Å². The molecule has 2 heterocycles. The lowest BCUT2D eigenvalue weighted by Gasteiger charge is -2.34. The van der Waals surface area contributed by atoms with Crippen molar-refractivity contribution in [2.75, 3.05) is 37.6 Å². The fraction of sp³-hybridized carbons (Fsp3) is 0.381. The van der Waals surface area contributed by atoms with Crippen LogP contribution in [0, 0.1) is 6.92 Å². The second-order valence-electron chi connectivity index (χ2n) is 6.78. The van der Waals surface area contributed by atoms with Gasteiger partial charge in [0.25, 0.3) is 5.91 Å². The molecular weight excluding hydrogens is 340 g/mol. The largest absolute Gasteiger partial charge is 0.339 e. The minimum Gasteiger partial charge on any atom is -0.339 e. The molecule has 2 aromatic rings. The van der Waals surface area contributed by atoms with Crippen molar-refractivity contribution in [3.63, 3.8) is 0 Å². The van der Waals surface area contributed by atoms with Gasteiger partial charge in [-0.05, 0) is 43.7 Å². The van der Waals surface area contributed by atoms with Crippen molar-refractivity contribution in [1.82, 2.24) is 14.8 Å². The molecule has 1 aromatic carbocycles. The Morgan fingerprint density at radius 2 is 1.78 bits per heavy atom. The first-order valence-electron chi connectivity index (χ1n) is 9.34. The van der Waals surface area contributed by atoms with E-state index in [0.717, 1.165) is 18.1 Å². The summed E-state index contributed by atoms with van der Waals surface area (Å²) in [6.07, 6.45) is 1.69. The molecule has 2 amide bonds. The molecule has 0 unspecified atom stereocenters. The van der Waals surface area contributed by atoms with Crippen LogP contribution in [-0.4, -0.2) is 59.3 Å². The molecule has 27 heavy (non-hydrogen) atoms. The average molecular weight is 366 g/mol. The normalized spacial score (nSPS) is 14.2. The van der Waals surface area contributed by atoms with Gasteiger partial charge in [-0.3, -0.25) is 9.59 Å². The Morgan fingerprint density at radius 3 is 2.41 bits per heavy atom. The van der Waals surface area contributed by atoms with Crippen molar-refractivity contribution >= 4 is 23.3 Å². The van der Waals surface area contributed by atoms with E-state index in [2.05, 4.69) is 35.9 Å². The van der Waals surface area contributed by atoms with Crippen molar-refractivity contribution in [2.24, 2.45) is 0 Å². The van der Waals surface area contributed by atoms with Gasteiger partial charge in [0, 0.05) is 57.1 Å². The fourth-order valence-electron chi connectivity index (χ4n) is 3.38. The molecule has 1 saturated heterocycles. The SMILES string of the molecule is CCN(c1cccc(C)c1)c1cc(C(=O)N2CCN(C(C)=O)CC2)ccn1. The van der Waals surface area contributed by atoms with Gasteiger partial charge in [0.15, 0.2) is 0 Å². The number of carbonyl (C=O) groups is 2.